The van der Waals surface area contributed by atoms with Gasteiger partial charge in [-0.05, 0) is 32.4 Å². The van der Waals surface area contributed by atoms with Crippen LogP contribution in [0, 0.1) is 13.8 Å². The number of nitrogens with two attached hydrogens (primary N) is 1. The summed E-state index contributed by atoms with van der Waals surface area (Å²) in [7, 11) is 0. The second-order valence-corrected chi connectivity index (χ2v) is 4.65. The zero-order valence-corrected chi connectivity index (χ0v) is 11.3. The van der Waals surface area contributed by atoms with E-state index in [-0.39, 0.29) is 11.9 Å². The Morgan fingerprint density at radius 1 is 1.44 bits per heavy atom. The zero-order chi connectivity index (χ0) is 13.5. The molecule has 0 spiro atoms. The first kappa shape index (κ1) is 14.5. The van der Waals surface area contributed by atoms with E-state index < -0.39 is 0 Å². The number of hydrogen-bond acceptors (Lipinski definition) is 3. The summed E-state index contributed by atoms with van der Waals surface area (Å²) in [5.41, 5.74) is 7.84. The van der Waals surface area contributed by atoms with Crippen LogP contribution in [0.3, 0.4) is 0 Å². The van der Waals surface area contributed by atoms with Gasteiger partial charge in [0.15, 0.2) is 0 Å². The Hall–Kier alpha value is -1.55. The van der Waals surface area contributed by atoms with Gasteiger partial charge >= 0.3 is 0 Å². The zero-order valence-electron chi connectivity index (χ0n) is 11.3. The number of ether oxygens (including phenoxy) is 1. The molecule has 3 N–H and O–H groups in total. The Bertz CT molecular complexity index is 403. The van der Waals surface area contributed by atoms with Crippen LogP contribution >= 0.6 is 0 Å². The maximum Gasteiger partial charge on any atom is 0.223 e. The first-order valence-corrected chi connectivity index (χ1v) is 6.21. The van der Waals surface area contributed by atoms with Gasteiger partial charge in [0, 0.05) is 12.6 Å². The highest BCUT2D eigenvalue weighted by Crippen LogP contribution is 2.18. The van der Waals surface area contributed by atoms with Crippen LogP contribution in [0.2, 0.25) is 0 Å². The van der Waals surface area contributed by atoms with Gasteiger partial charge in [-0.15, -0.1) is 0 Å². The Balaban J connectivity index is 2.31. The molecule has 0 aromatic heterocycles. The van der Waals surface area contributed by atoms with Gasteiger partial charge in [0.05, 0.1) is 13.0 Å². The lowest BCUT2D eigenvalue weighted by Crippen LogP contribution is -2.35. The maximum absolute atomic E-state index is 11.4. The van der Waals surface area contributed by atoms with Gasteiger partial charge < -0.3 is 15.8 Å². The summed E-state index contributed by atoms with van der Waals surface area (Å²) in [5, 5.41) is 2.75. The number of amides is 1. The summed E-state index contributed by atoms with van der Waals surface area (Å²) in [6.45, 7) is 6.78. The quantitative estimate of drug-likeness (QED) is 0.805. The molecule has 0 heterocycles. The van der Waals surface area contributed by atoms with Gasteiger partial charge in [0.2, 0.25) is 5.91 Å². The molecule has 0 fully saturated rings. The first-order chi connectivity index (χ1) is 8.49. The van der Waals surface area contributed by atoms with Gasteiger partial charge in [-0.1, -0.05) is 17.7 Å². The van der Waals surface area contributed by atoms with Gasteiger partial charge in [0.1, 0.15) is 5.75 Å². The van der Waals surface area contributed by atoms with E-state index in [1.165, 1.54) is 5.56 Å². The number of benzene rings is 1. The molecule has 0 saturated heterocycles. The molecule has 0 aliphatic carbocycles. The summed E-state index contributed by atoms with van der Waals surface area (Å²) in [4.78, 5) is 11.4. The predicted molar refractivity (Wildman–Crippen MR) is 72.7 cm³/mol. The molecule has 1 aromatic carbocycles. The molecule has 4 nitrogen and oxygen atoms in total. The second kappa shape index (κ2) is 7.01. The lowest BCUT2D eigenvalue weighted by molar-refractivity contribution is -0.121. The monoisotopic (exact) mass is 250 g/mol. The minimum Gasteiger partial charge on any atom is -0.493 e. The molecular formula is C14H22N2O2. The third-order valence-corrected chi connectivity index (χ3v) is 2.54. The van der Waals surface area contributed by atoms with E-state index >= 15 is 0 Å². The number of aryl methyl sites for hydroxylation is 2. The molecule has 4 heteroatoms. The van der Waals surface area contributed by atoms with Crippen molar-refractivity contribution in [2.75, 3.05) is 13.2 Å². The van der Waals surface area contributed by atoms with E-state index in [9.17, 15) is 4.79 Å². The van der Waals surface area contributed by atoms with E-state index in [0.29, 0.717) is 19.6 Å². The van der Waals surface area contributed by atoms with E-state index in [0.717, 1.165) is 11.3 Å². The molecule has 1 rings (SSSR count). The maximum atomic E-state index is 11.4. The lowest BCUT2D eigenvalue weighted by atomic mass is 10.1. The molecule has 0 aliphatic heterocycles. The Labute approximate surface area is 109 Å². The first-order valence-electron chi connectivity index (χ1n) is 6.21. The molecule has 1 unspecified atom stereocenters. The Morgan fingerprint density at radius 2 is 2.17 bits per heavy atom. The van der Waals surface area contributed by atoms with Crippen LogP contribution in [0.1, 0.15) is 24.5 Å². The van der Waals surface area contributed by atoms with Crippen LogP contribution in [0.15, 0.2) is 18.2 Å². The minimum atomic E-state index is -0.0305. The number of carbonyl (C=O) groups is 1. The highest BCUT2D eigenvalue weighted by atomic mass is 16.5. The normalized spacial score (nSPS) is 12.0. The summed E-state index contributed by atoms with van der Waals surface area (Å²) in [6, 6.07) is 5.98. The van der Waals surface area contributed by atoms with Crippen molar-refractivity contribution < 1.29 is 9.53 Å². The van der Waals surface area contributed by atoms with Gasteiger partial charge in [0.25, 0.3) is 0 Å². The Morgan fingerprint density at radius 3 is 2.78 bits per heavy atom. The fourth-order valence-electron chi connectivity index (χ4n) is 1.58. The summed E-state index contributed by atoms with van der Waals surface area (Å²) in [5.74, 6) is 0.803. The SMILES string of the molecule is Cc1ccc(OCCC(=O)NCC(C)N)c(C)c1. The lowest BCUT2D eigenvalue weighted by Gasteiger charge is -2.10. The molecule has 1 amide bonds. The highest BCUT2D eigenvalue weighted by Gasteiger charge is 2.04. The Kier molecular flexibility index (Phi) is 5.65. The van der Waals surface area contributed by atoms with Gasteiger partial charge in [-0.25, -0.2) is 0 Å². The smallest absolute Gasteiger partial charge is 0.223 e. The average Bonchev–Trinajstić information content (AvgIpc) is 2.29. The second-order valence-electron chi connectivity index (χ2n) is 4.65. The number of nitrogens with one attached hydrogen (secondary N) is 1. The van der Waals surface area contributed by atoms with Crippen molar-refractivity contribution in [2.45, 2.75) is 33.2 Å². The van der Waals surface area contributed by atoms with E-state index in [4.69, 9.17) is 10.5 Å². The van der Waals surface area contributed by atoms with Crippen molar-refractivity contribution in [3.63, 3.8) is 0 Å². The fraction of sp³-hybridized carbons (Fsp3) is 0.500. The highest BCUT2D eigenvalue weighted by molar-refractivity contribution is 5.76. The molecular weight excluding hydrogens is 228 g/mol. The topological polar surface area (TPSA) is 64.3 Å². The van der Waals surface area contributed by atoms with Crippen molar-refractivity contribution in [1.82, 2.24) is 5.32 Å². The summed E-state index contributed by atoms with van der Waals surface area (Å²) < 4.78 is 5.58. The average molecular weight is 250 g/mol. The predicted octanol–water partition coefficient (Wildman–Crippen LogP) is 1.54. The molecule has 0 saturated carbocycles. The van der Waals surface area contributed by atoms with E-state index in [1.54, 1.807) is 0 Å². The minimum absolute atomic E-state index is 0.0192. The van der Waals surface area contributed by atoms with Crippen molar-refractivity contribution in [1.29, 1.82) is 0 Å². The standard InChI is InChI=1S/C14H22N2O2/c1-10-4-5-13(11(2)8-10)18-7-6-14(17)16-9-12(3)15/h4-5,8,12H,6-7,9,15H2,1-3H3,(H,16,17). The summed E-state index contributed by atoms with van der Waals surface area (Å²) >= 11 is 0. The molecule has 0 bridgehead atoms. The fourth-order valence-corrected chi connectivity index (χ4v) is 1.58. The van der Waals surface area contributed by atoms with Crippen molar-refractivity contribution in [3.8, 4) is 5.75 Å². The van der Waals surface area contributed by atoms with E-state index in [2.05, 4.69) is 11.4 Å². The summed E-state index contributed by atoms with van der Waals surface area (Å²) in [6.07, 6.45) is 0.347. The van der Waals surface area contributed by atoms with Crippen molar-refractivity contribution >= 4 is 5.91 Å². The van der Waals surface area contributed by atoms with Crippen LogP contribution in [0.25, 0.3) is 0 Å². The molecule has 18 heavy (non-hydrogen) atoms. The number of rotatable bonds is 6. The van der Waals surface area contributed by atoms with Crippen LogP contribution in [0.5, 0.6) is 5.75 Å². The number of carbonyl (C=O) groups excluding carboxylic acids is 1. The van der Waals surface area contributed by atoms with E-state index in [1.807, 2.05) is 32.9 Å². The third-order valence-electron chi connectivity index (χ3n) is 2.54. The van der Waals surface area contributed by atoms with Gasteiger partial charge in [-0.3, -0.25) is 4.79 Å². The molecule has 0 radical (unpaired) electrons. The van der Waals surface area contributed by atoms with Crippen LogP contribution in [-0.2, 0) is 4.79 Å². The molecule has 1 aromatic rings. The van der Waals surface area contributed by atoms with Crippen LogP contribution in [0.4, 0.5) is 0 Å². The number of hydrogen-bond donors (Lipinski definition) is 2. The largest absolute Gasteiger partial charge is 0.493 e. The molecule has 0 aliphatic rings. The van der Waals surface area contributed by atoms with Crippen molar-refractivity contribution in [3.05, 3.63) is 29.3 Å². The van der Waals surface area contributed by atoms with Crippen molar-refractivity contribution in [2.24, 2.45) is 5.73 Å². The van der Waals surface area contributed by atoms with Crippen LogP contribution in [-0.4, -0.2) is 25.1 Å². The third kappa shape index (κ3) is 5.19. The van der Waals surface area contributed by atoms with Gasteiger partial charge in [-0.2, -0.15) is 0 Å². The molecule has 100 valence electrons. The molecule has 1 atom stereocenters. The van der Waals surface area contributed by atoms with Crippen LogP contribution < -0.4 is 15.8 Å².